The number of hydrogen-bond donors (Lipinski definition) is 2. The van der Waals surface area contributed by atoms with Gasteiger partial charge in [0.25, 0.3) is 11.8 Å². The van der Waals surface area contributed by atoms with Crippen LogP contribution in [0.25, 0.3) is 0 Å². The molecule has 2 amide bonds. The summed E-state index contributed by atoms with van der Waals surface area (Å²) in [5, 5.41) is 0. The van der Waals surface area contributed by atoms with Gasteiger partial charge in [0, 0.05) is 30.7 Å². The Morgan fingerprint density at radius 3 is 2.33 bits per heavy atom. The molecule has 0 spiro atoms. The van der Waals surface area contributed by atoms with Gasteiger partial charge in [-0.3, -0.25) is 30.2 Å². The van der Waals surface area contributed by atoms with E-state index in [0.717, 1.165) is 0 Å². The fourth-order valence-electron chi connectivity index (χ4n) is 3.35. The molecule has 168 valence electrons. The zero-order valence-corrected chi connectivity index (χ0v) is 17.4. The van der Waals surface area contributed by atoms with Gasteiger partial charge in [-0.1, -0.05) is 0 Å². The number of piperazine rings is 1. The number of hydrazine groups is 1. The van der Waals surface area contributed by atoms with E-state index in [1.165, 1.54) is 31.3 Å². The van der Waals surface area contributed by atoms with Crippen molar-refractivity contribution < 1.29 is 32.2 Å². The number of amides is 2. The van der Waals surface area contributed by atoms with Gasteiger partial charge in [0.2, 0.25) is 0 Å². The third kappa shape index (κ3) is 6.49. The lowest BCUT2D eigenvalue weighted by Gasteiger charge is -2.47. The Bertz CT molecular complexity index is 771. The van der Waals surface area contributed by atoms with Crippen molar-refractivity contribution in [3.05, 3.63) is 23.8 Å². The SMILES string of the molecule is COc1ccc(C(=O)NNC(=O)CN2CCN(CC(F)(F)F)C(C)(C)C2)cc1OC. The number of methoxy groups -OCH3 is 2. The summed E-state index contributed by atoms with van der Waals surface area (Å²) in [4.78, 5) is 27.5. The molecule has 0 aromatic heterocycles. The second-order valence-corrected chi connectivity index (χ2v) is 7.63. The van der Waals surface area contributed by atoms with Gasteiger partial charge in [-0.05, 0) is 32.0 Å². The second kappa shape index (κ2) is 9.52. The van der Waals surface area contributed by atoms with Gasteiger partial charge >= 0.3 is 6.18 Å². The Kier molecular flexibility index (Phi) is 7.54. The third-order valence-electron chi connectivity index (χ3n) is 4.85. The van der Waals surface area contributed by atoms with Crippen LogP contribution in [-0.2, 0) is 4.79 Å². The van der Waals surface area contributed by atoms with Crippen molar-refractivity contribution in [2.75, 3.05) is 46.9 Å². The standard InChI is InChI=1S/C19H27F3N4O4/c1-18(2)11-25(7-8-26(18)12-19(20,21)22)10-16(27)23-24-17(28)13-5-6-14(29-3)15(9-13)30-4/h5-6,9H,7-8,10-12H2,1-4H3,(H,23,27)(H,24,28). The van der Waals surface area contributed by atoms with E-state index in [2.05, 4.69) is 10.9 Å². The number of nitrogens with one attached hydrogen (secondary N) is 2. The zero-order chi connectivity index (χ0) is 22.5. The summed E-state index contributed by atoms with van der Waals surface area (Å²) in [5.41, 5.74) is 4.16. The minimum atomic E-state index is -4.27. The molecule has 11 heteroatoms. The van der Waals surface area contributed by atoms with E-state index in [-0.39, 0.29) is 18.7 Å². The number of carbonyl (C=O) groups excluding carboxylic acids is 2. The minimum absolute atomic E-state index is 0.0461. The monoisotopic (exact) mass is 432 g/mol. The predicted octanol–water partition coefficient (Wildman–Crippen LogP) is 1.42. The van der Waals surface area contributed by atoms with E-state index in [4.69, 9.17) is 9.47 Å². The summed E-state index contributed by atoms with van der Waals surface area (Å²) in [5.74, 6) is -0.177. The van der Waals surface area contributed by atoms with Crippen molar-refractivity contribution >= 4 is 11.8 Å². The molecule has 1 fully saturated rings. The van der Waals surface area contributed by atoms with Crippen LogP contribution < -0.4 is 20.3 Å². The van der Waals surface area contributed by atoms with Crippen LogP contribution in [0.4, 0.5) is 13.2 Å². The van der Waals surface area contributed by atoms with Gasteiger partial charge in [0.05, 0.1) is 27.3 Å². The first kappa shape index (κ1) is 23.7. The fraction of sp³-hybridized carbons (Fsp3) is 0.579. The second-order valence-electron chi connectivity index (χ2n) is 7.63. The summed E-state index contributed by atoms with van der Waals surface area (Å²) in [6.45, 7) is 3.19. The number of carbonyl (C=O) groups is 2. The van der Waals surface area contributed by atoms with E-state index < -0.39 is 30.1 Å². The fourth-order valence-corrected chi connectivity index (χ4v) is 3.35. The van der Waals surface area contributed by atoms with Gasteiger partial charge in [-0.15, -0.1) is 0 Å². The summed E-state index contributed by atoms with van der Waals surface area (Å²) in [6, 6.07) is 4.56. The van der Waals surface area contributed by atoms with Crippen molar-refractivity contribution in [1.29, 1.82) is 0 Å². The number of ether oxygens (including phenoxy) is 2. The lowest BCUT2D eigenvalue weighted by Crippen LogP contribution is -2.62. The van der Waals surface area contributed by atoms with Crippen LogP contribution in [0, 0.1) is 0 Å². The van der Waals surface area contributed by atoms with Crippen LogP contribution in [0.3, 0.4) is 0 Å². The first-order chi connectivity index (χ1) is 13.9. The van der Waals surface area contributed by atoms with E-state index in [0.29, 0.717) is 24.6 Å². The predicted molar refractivity (Wildman–Crippen MR) is 103 cm³/mol. The quantitative estimate of drug-likeness (QED) is 0.662. The first-order valence-corrected chi connectivity index (χ1v) is 9.30. The maximum absolute atomic E-state index is 12.7. The molecule has 0 radical (unpaired) electrons. The Morgan fingerprint density at radius 2 is 1.77 bits per heavy atom. The molecule has 2 rings (SSSR count). The van der Waals surface area contributed by atoms with Gasteiger partial charge in [-0.25, -0.2) is 0 Å². The van der Waals surface area contributed by atoms with Crippen LogP contribution in [0.1, 0.15) is 24.2 Å². The molecular formula is C19H27F3N4O4. The van der Waals surface area contributed by atoms with E-state index in [9.17, 15) is 22.8 Å². The molecule has 1 heterocycles. The lowest BCUT2D eigenvalue weighted by molar-refractivity contribution is -0.165. The van der Waals surface area contributed by atoms with Crippen LogP contribution >= 0.6 is 0 Å². The molecule has 1 aromatic carbocycles. The van der Waals surface area contributed by atoms with Crippen molar-refractivity contribution in [1.82, 2.24) is 20.7 Å². The highest BCUT2D eigenvalue weighted by molar-refractivity contribution is 5.96. The lowest BCUT2D eigenvalue weighted by atomic mass is 9.98. The number of halogens is 3. The van der Waals surface area contributed by atoms with Crippen LogP contribution in [-0.4, -0.2) is 80.3 Å². The molecule has 0 bridgehead atoms. The molecule has 8 nitrogen and oxygen atoms in total. The average Bonchev–Trinajstić information content (AvgIpc) is 2.66. The van der Waals surface area contributed by atoms with Crippen LogP contribution in [0.5, 0.6) is 11.5 Å². The van der Waals surface area contributed by atoms with Gasteiger partial charge < -0.3 is 9.47 Å². The van der Waals surface area contributed by atoms with Gasteiger partial charge in [-0.2, -0.15) is 13.2 Å². The summed E-state index contributed by atoms with van der Waals surface area (Å²) >= 11 is 0. The highest BCUT2D eigenvalue weighted by Gasteiger charge is 2.40. The van der Waals surface area contributed by atoms with E-state index in [1.807, 2.05) is 0 Å². The van der Waals surface area contributed by atoms with Crippen LogP contribution in [0.2, 0.25) is 0 Å². The summed E-state index contributed by atoms with van der Waals surface area (Å²) < 4.78 is 48.4. The molecule has 30 heavy (non-hydrogen) atoms. The van der Waals surface area contributed by atoms with Crippen LogP contribution in [0.15, 0.2) is 18.2 Å². The summed E-state index contributed by atoms with van der Waals surface area (Å²) in [6.07, 6.45) is -4.27. The number of benzene rings is 1. The third-order valence-corrected chi connectivity index (χ3v) is 4.85. The van der Waals surface area contributed by atoms with Crippen molar-refractivity contribution in [3.63, 3.8) is 0 Å². The van der Waals surface area contributed by atoms with Crippen molar-refractivity contribution in [2.45, 2.75) is 25.6 Å². The van der Waals surface area contributed by atoms with Crippen molar-refractivity contribution in [3.8, 4) is 11.5 Å². The van der Waals surface area contributed by atoms with Gasteiger partial charge in [0.1, 0.15) is 0 Å². The number of rotatable bonds is 6. The molecule has 0 aliphatic carbocycles. The Morgan fingerprint density at radius 1 is 1.10 bits per heavy atom. The summed E-state index contributed by atoms with van der Waals surface area (Å²) in [7, 11) is 2.92. The molecule has 1 aliphatic rings. The molecule has 0 atom stereocenters. The Labute approximate surface area is 173 Å². The topological polar surface area (TPSA) is 83.1 Å². The largest absolute Gasteiger partial charge is 0.493 e. The maximum atomic E-state index is 12.7. The van der Waals surface area contributed by atoms with E-state index >= 15 is 0 Å². The molecular weight excluding hydrogens is 405 g/mol. The molecule has 1 aromatic rings. The maximum Gasteiger partial charge on any atom is 0.401 e. The van der Waals surface area contributed by atoms with Crippen molar-refractivity contribution in [2.24, 2.45) is 0 Å². The average molecular weight is 432 g/mol. The smallest absolute Gasteiger partial charge is 0.401 e. The Hall–Kier alpha value is -2.53. The molecule has 1 aliphatic heterocycles. The number of alkyl halides is 3. The highest BCUT2D eigenvalue weighted by Crippen LogP contribution is 2.28. The molecule has 1 saturated heterocycles. The highest BCUT2D eigenvalue weighted by atomic mass is 19.4. The molecule has 0 saturated carbocycles. The van der Waals surface area contributed by atoms with E-state index in [1.54, 1.807) is 24.8 Å². The minimum Gasteiger partial charge on any atom is -0.493 e. The zero-order valence-electron chi connectivity index (χ0n) is 17.4. The number of hydrogen-bond acceptors (Lipinski definition) is 6. The molecule has 0 unspecified atom stereocenters. The first-order valence-electron chi connectivity index (χ1n) is 9.30. The van der Waals surface area contributed by atoms with Gasteiger partial charge in [0.15, 0.2) is 11.5 Å². The molecule has 2 N–H and O–H groups in total. The Balaban J connectivity index is 1.86. The normalized spacial score (nSPS) is 17.3. The number of nitrogens with zero attached hydrogens (tertiary/aromatic N) is 2.